The van der Waals surface area contributed by atoms with Gasteiger partial charge in [-0.25, -0.2) is 0 Å². The molecule has 1 heterocycles. The van der Waals surface area contributed by atoms with Crippen LogP contribution in [0.15, 0.2) is 18.3 Å². The number of carbonyl (C=O) groups excluding carboxylic acids is 1. The minimum Gasteiger partial charge on any atom is -0.372 e. The van der Waals surface area contributed by atoms with E-state index in [1.54, 1.807) is 12.3 Å². The van der Waals surface area contributed by atoms with E-state index in [9.17, 15) is 4.79 Å². The van der Waals surface area contributed by atoms with Crippen molar-refractivity contribution >= 4 is 12.0 Å². The average molecular weight is 178 g/mol. The molecule has 0 bridgehead atoms. The number of carbonyl (C=O) groups is 1. The van der Waals surface area contributed by atoms with Gasteiger partial charge in [0, 0.05) is 25.0 Å². The summed E-state index contributed by atoms with van der Waals surface area (Å²) in [5.41, 5.74) is 1.55. The molecule has 1 rings (SSSR count). The summed E-state index contributed by atoms with van der Waals surface area (Å²) >= 11 is 0. The van der Waals surface area contributed by atoms with Gasteiger partial charge < -0.3 is 4.90 Å². The number of anilines is 1. The first-order valence-corrected chi connectivity index (χ1v) is 4.48. The van der Waals surface area contributed by atoms with E-state index in [0.29, 0.717) is 5.69 Å². The smallest absolute Gasteiger partial charge is 0.168 e. The number of aldehydes is 1. The van der Waals surface area contributed by atoms with Crippen molar-refractivity contribution in [2.75, 3.05) is 18.0 Å². The predicted molar refractivity (Wildman–Crippen MR) is 53.2 cm³/mol. The lowest BCUT2D eigenvalue weighted by molar-refractivity contribution is 0.111. The second kappa shape index (κ2) is 4.60. The molecule has 3 heteroatoms. The third-order valence-electron chi connectivity index (χ3n) is 2.01. The summed E-state index contributed by atoms with van der Waals surface area (Å²) in [6.07, 6.45) is 2.43. The first-order chi connectivity index (χ1) is 6.31. The molecule has 1 aromatic heterocycles. The molecule has 13 heavy (non-hydrogen) atoms. The molecular weight excluding hydrogens is 164 g/mol. The van der Waals surface area contributed by atoms with Crippen LogP contribution in [-0.4, -0.2) is 24.4 Å². The lowest BCUT2D eigenvalue weighted by atomic mass is 10.3. The molecule has 0 aliphatic carbocycles. The highest BCUT2D eigenvalue weighted by Gasteiger charge is 2.01. The van der Waals surface area contributed by atoms with Crippen LogP contribution in [0.1, 0.15) is 24.3 Å². The number of hydrogen-bond donors (Lipinski definition) is 0. The van der Waals surface area contributed by atoms with Crippen LogP contribution in [0.2, 0.25) is 0 Å². The molecule has 70 valence electrons. The van der Waals surface area contributed by atoms with Gasteiger partial charge in [0.15, 0.2) is 6.29 Å². The minimum atomic E-state index is 0.490. The molecule has 0 spiro atoms. The lowest BCUT2D eigenvalue weighted by Crippen LogP contribution is -2.21. The first kappa shape index (κ1) is 9.71. The van der Waals surface area contributed by atoms with Gasteiger partial charge in [-0.15, -0.1) is 0 Å². The van der Waals surface area contributed by atoms with Crippen molar-refractivity contribution in [1.82, 2.24) is 4.98 Å². The molecule has 0 N–H and O–H groups in total. The van der Waals surface area contributed by atoms with Crippen molar-refractivity contribution in [2.24, 2.45) is 0 Å². The van der Waals surface area contributed by atoms with E-state index < -0.39 is 0 Å². The molecule has 0 fully saturated rings. The van der Waals surface area contributed by atoms with Crippen LogP contribution in [0, 0.1) is 0 Å². The molecule has 0 radical (unpaired) electrons. The van der Waals surface area contributed by atoms with E-state index in [-0.39, 0.29) is 0 Å². The predicted octanol–water partition coefficient (Wildman–Crippen LogP) is 1.74. The van der Waals surface area contributed by atoms with E-state index in [1.807, 2.05) is 6.07 Å². The molecule has 0 aliphatic rings. The fourth-order valence-corrected chi connectivity index (χ4v) is 1.29. The van der Waals surface area contributed by atoms with Crippen LogP contribution in [-0.2, 0) is 0 Å². The standard InChI is InChI=1S/C10H14N2O/c1-3-12(4-2)10-5-6-11-9(7-10)8-13/h5-8H,3-4H2,1-2H3. The molecule has 0 saturated carbocycles. The van der Waals surface area contributed by atoms with Crippen LogP contribution in [0.5, 0.6) is 0 Å². The molecule has 0 amide bonds. The van der Waals surface area contributed by atoms with Crippen molar-refractivity contribution in [3.63, 3.8) is 0 Å². The number of hydrogen-bond acceptors (Lipinski definition) is 3. The van der Waals surface area contributed by atoms with Crippen LogP contribution in [0.3, 0.4) is 0 Å². The zero-order chi connectivity index (χ0) is 9.68. The van der Waals surface area contributed by atoms with Gasteiger partial charge in [0.25, 0.3) is 0 Å². The second-order valence-electron chi connectivity index (χ2n) is 2.73. The van der Waals surface area contributed by atoms with Gasteiger partial charge in [-0.2, -0.15) is 0 Å². The van der Waals surface area contributed by atoms with Crippen molar-refractivity contribution in [1.29, 1.82) is 0 Å². The summed E-state index contributed by atoms with van der Waals surface area (Å²) in [4.78, 5) is 16.6. The van der Waals surface area contributed by atoms with Gasteiger partial charge in [0.2, 0.25) is 0 Å². The highest BCUT2D eigenvalue weighted by molar-refractivity contribution is 5.73. The Morgan fingerprint density at radius 2 is 2.15 bits per heavy atom. The van der Waals surface area contributed by atoms with E-state index in [2.05, 4.69) is 23.7 Å². The fourth-order valence-electron chi connectivity index (χ4n) is 1.29. The maximum absolute atomic E-state index is 10.5. The SMILES string of the molecule is CCN(CC)c1ccnc(C=O)c1. The van der Waals surface area contributed by atoms with Gasteiger partial charge in [0.1, 0.15) is 5.69 Å². The minimum absolute atomic E-state index is 0.490. The van der Waals surface area contributed by atoms with Crippen LogP contribution in [0.4, 0.5) is 5.69 Å². The number of rotatable bonds is 4. The lowest BCUT2D eigenvalue weighted by Gasteiger charge is -2.20. The zero-order valence-electron chi connectivity index (χ0n) is 8.03. The van der Waals surface area contributed by atoms with Crippen LogP contribution in [0.25, 0.3) is 0 Å². The van der Waals surface area contributed by atoms with Gasteiger partial charge in [-0.3, -0.25) is 9.78 Å². The summed E-state index contributed by atoms with van der Waals surface area (Å²) in [6.45, 7) is 6.06. The van der Waals surface area contributed by atoms with Crippen LogP contribution < -0.4 is 4.90 Å². The van der Waals surface area contributed by atoms with Gasteiger partial charge in [0.05, 0.1) is 0 Å². The Hall–Kier alpha value is -1.38. The van der Waals surface area contributed by atoms with E-state index in [0.717, 1.165) is 25.1 Å². The Morgan fingerprint density at radius 1 is 1.46 bits per heavy atom. The summed E-state index contributed by atoms with van der Waals surface area (Å²) in [5.74, 6) is 0. The van der Waals surface area contributed by atoms with Crippen molar-refractivity contribution < 1.29 is 4.79 Å². The van der Waals surface area contributed by atoms with Crippen molar-refractivity contribution in [2.45, 2.75) is 13.8 Å². The molecule has 3 nitrogen and oxygen atoms in total. The van der Waals surface area contributed by atoms with Gasteiger partial charge in [-0.1, -0.05) is 0 Å². The van der Waals surface area contributed by atoms with Crippen molar-refractivity contribution in [3.8, 4) is 0 Å². The summed E-state index contributed by atoms with van der Waals surface area (Å²) in [6, 6.07) is 3.72. The summed E-state index contributed by atoms with van der Waals surface area (Å²) in [7, 11) is 0. The highest BCUT2D eigenvalue weighted by Crippen LogP contribution is 2.12. The summed E-state index contributed by atoms with van der Waals surface area (Å²) < 4.78 is 0. The monoisotopic (exact) mass is 178 g/mol. The Balaban J connectivity index is 2.92. The third kappa shape index (κ3) is 2.28. The Morgan fingerprint density at radius 3 is 2.69 bits per heavy atom. The summed E-state index contributed by atoms with van der Waals surface area (Å²) in [5, 5.41) is 0. The van der Waals surface area contributed by atoms with E-state index in [1.165, 1.54) is 0 Å². The largest absolute Gasteiger partial charge is 0.372 e. The van der Waals surface area contributed by atoms with E-state index >= 15 is 0 Å². The zero-order valence-corrected chi connectivity index (χ0v) is 8.03. The number of nitrogens with zero attached hydrogens (tertiary/aromatic N) is 2. The first-order valence-electron chi connectivity index (χ1n) is 4.48. The van der Waals surface area contributed by atoms with Gasteiger partial charge in [-0.05, 0) is 26.0 Å². The molecule has 0 saturated heterocycles. The molecule has 0 aromatic carbocycles. The second-order valence-corrected chi connectivity index (χ2v) is 2.73. The normalized spacial score (nSPS) is 9.69. The maximum Gasteiger partial charge on any atom is 0.168 e. The number of aromatic nitrogens is 1. The highest BCUT2D eigenvalue weighted by atomic mass is 16.1. The topological polar surface area (TPSA) is 33.2 Å². The number of pyridine rings is 1. The average Bonchev–Trinajstić information content (AvgIpc) is 2.20. The molecule has 0 atom stereocenters. The molecular formula is C10H14N2O. The molecule has 0 unspecified atom stereocenters. The molecule has 1 aromatic rings. The maximum atomic E-state index is 10.5. The Kier molecular flexibility index (Phi) is 3.43. The quantitative estimate of drug-likeness (QED) is 0.658. The van der Waals surface area contributed by atoms with E-state index in [4.69, 9.17) is 0 Å². The van der Waals surface area contributed by atoms with Crippen LogP contribution >= 0.6 is 0 Å². The fraction of sp³-hybridized carbons (Fsp3) is 0.400. The third-order valence-corrected chi connectivity index (χ3v) is 2.01. The molecule has 0 aliphatic heterocycles. The Labute approximate surface area is 78.4 Å². The van der Waals surface area contributed by atoms with Gasteiger partial charge >= 0.3 is 0 Å². The Bertz CT molecular complexity index is 282. The van der Waals surface area contributed by atoms with Crippen molar-refractivity contribution in [3.05, 3.63) is 24.0 Å².